The van der Waals surface area contributed by atoms with Gasteiger partial charge in [0, 0.05) is 10.5 Å². The lowest BCUT2D eigenvalue weighted by molar-refractivity contribution is 0.314. The number of hydrogen-bond acceptors (Lipinski definition) is 4. The van der Waals surface area contributed by atoms with Crippen LogP contribution in [0.3, 0.4) is 0 Å². The van der Waals surface area contributed by atoms with Gasteiger partial charge in [0.1, 0.15) is 0 Å². The van der Waals surface area contributed by atoms with Crippen LogP contribution >= 0.6 is 25.3 Å². The summed E-state index contributed by atoms with van der Waals surface area (Å²) in [5.74, 6) is 0.699. The second-order valence-corrected chi connectivity index (χ2v) is 5.02. The maximum Gasteiger partial charge on any atom is 0.0829 e. The van der Waals surface area contributed by atoms with Gasteiger partial charge in [-0.2, -0.15) is 25.3 Å². The molecule has 2 nitrogen and oxygen atoms in total. The average Bonchev–Trinajstić information content (AvgIpc) is 2.04. The van der Waals surface area contributed by atoms with Gasteiger partial charge in [0.05, 0.1) is 5.71 Å². The summed E-state index contributed by atoms with van der Waals surface area (Å²) in [4.78, 5) is 0. The van der Waals surface area contributed by atoms with Crippen molar-refractivity contribution in [3.05, 3.63) is 0 Å². The van der Waals surface area contributed by atoms with Crippen LogP contribution in [0.2, 0.25) is 0 Å². The van der Waals surface area contributed by atoms with Gasteiger partial charge >= 0.3 is 0 Å². The van der Waals surface area contributed by atoms with Crippen molar-refractivity contribution in [3.8, 4) is 0 Å². The normalized spacial score (nSPS) is 16.0. The van der Waals surface area contributed by atoms with Gasteiger partial charge in [-0.3, -0.25) is 0 Å². The number of oxime groups is 1. The van der Waals surface area contributed by atoms with E-state index in [4.69, 9.17) is 5.21 Å². The Bertz CT molecular complexity index is 164. The molecule has 0 saturated carbocycles. The minimum absolute atomic E-state index is 0.0186. The molecule has 0 aliphatic heterocycles. The highest BCUT2D eigenvalue weighted by Crippen LogP contribution is 2.20. The van der Waals surface area contributed by atoms with E-state index in [1.165, 1.54) is 0 Å². The van der Waals surface area contributed by atoms with Crippen molar-refractivity contribution in [2.75, 3.05) is 0 Å². The van der Waals surface area contributed by atoms with Crippen LogP contribution in [-0.2, 0) is 0 Å². The standard InChI is InChI=1S/C9H19NOS2/c1-5(2)8(12)7(10-11)9(13)6(3)4/h5-6,8-9,11-13H,1-4H3. The molecule has 0 bridgehead atoms. The van der Waals surface area contributed by atoms with Crippen molar-refractivity contribution in [3.63, 3.8) is 0 Å². The highest BCUT2D eigenvalue weighted by molar-refractivity contribution is 7.83. The smallest absolute Gasteiger partial charge is 0.0829 e. The van der Waals surface area contributed by atoms with Gasteiger partial charge in [-0.15, -0.1) is 0 Å². The SMILES string of the molecule is CC(C)C(S)C(=NO)C(S)C(C)C. The maximum atomic E-state index is 8.85. The topological polar surface area (TPSA) is 32.6 Å². The fourth-order valence-electron chi connectivity index (χ4n) is 0.976. The van der Waals surface area contributed by atoms with E-state index in [1.54, 1.807) is 0 Å². The zero-order valence-corrected chi connectivity index (χ0v) is 10.4. The van der Waals surface area contributed by atoms with Crippen molar-refractivity contribution in [1.29, 1.82) is 0 Å². The van der Waals surface area contributed by atoms with Gasteiger partial charge in [0.25, 0.3) is 0 Å². The van der Waals surface area contributed by atoms with E-state index in [2.05, 4.69) is 30.4 Å². The summed E-state index contributed by atoms with van der Waals surface area (Å²) in [7, 11) is 0. The van der Waals surface area contributed by atoms with Gasteiger partial charge in [0.2, 0.25) is 0 Å². The Morgan fingerprint density at radius 1 is 1.00 bits per heavy atom. The van der Waals surface area contributed by atoms with Crippen LogP contribution in [0.25, 0.3) is 0 Å². The lowest BCUT2D eigenvalue weighted by Gasteiger charge is -2.23. The second-order valence-electron chi connectivity index (χ2n) is 3.90. The molecule has 0 aromatic heterocycles. The van der Waals surface area contributed by atoms with E-state index >= 15 is 0 Å². The lowest BCUT2D eigenvalue weighted by Crippen LogP contribution is -2.32. The molecule has 0 spiro atoms. The van der Waals surface area contributed by atoms with Gasteiger partial charge < -0.3 is 5.21 Å². The molecule has 0 aliphatic carbocycles. The number of thiol groups is 2. The highest BCUT2D eigenvalue weighted by Gasteiger charge is 2.24. The maximum absolute atomic E-state index is 8.85. The van der Waals surface area contributed by atoms with Crippen molar-refractivity contribution in [2.24, 2.45) is 17.0 Å². The lowest BCUT2D eigenvalue weighted by atomic mass is 9.97. The van der Waals surface area contributed by atoms with Crippen LogP contribution in [0, 0.1) is 11.8 Å². The Hall–Kier alpha value is 0.170. The van der Waals surface area contributed by atoms with E-state index in [9.17, 15) is 0 Å². The zero-order chi connectivity index (χ0) is 10.6. The number of nitrogens with zero attached hydrogens (tertiary/aromatic N) is 1. The molecule has 2 atom stereocenters. The molecule has 0 aromatic rings. The summed E-state index contributed by atoms with van der Waals surface area (Å²) < 4.78 is 0. The third-order valence-corrected chi connectivity index (χ3v) is 3.71. The molecular formula is C9H19NOS2. The molecule has 2 unspecified atom stereocenters. The largest absolute Gasteiger partial charge is 0.411 e. The van der Waals surface area contributed by atoms with Gasteiger partial charge in [-0.05, 0) is 11.8 Å². The van der Waals surface area contributed by atoms with Gasteiger partial charge in [-0.1, -0.05) is 32.9 Å². The Balaban J connectivity index is 4.53. The van der Waals surface area contributed by atoms with Crippen LogP contribution in [0.4, 0.5) is 0 Å². The van der Waals surface area contributed by atoms with Crippen molar-refractivity contribution in [1.82, 2.24) is 0 Å². The molecule has 13 heavy (non-hydrogen) atoms. The monoisotopic (exact) mass is 221 g/mol. The van der Waals surface area contributed by atoms with E-state index in [0.717, 1.165) is 0 Å². The molecule has 0 fully saturated rings. The van der Waals surface area contributed by atoms with E-state index in [0.29, 0.717) is 17.5 Å². The van der Waals surface area contributed by atoms with Crippen LogP contribution in [0.1, 0.15) is 27.7 Å². The summed E-state index contributed by atoms with van der Waals surface area (Å²) in [5.41, 5.74) is 0.664. The Morgan fingerprint density at radius 2 is 1.31 bits per heavy atom. The third kappa shape index (κ3) is 3.81. The van der Waals surface area contributed by atoms with Crippen LogP contribution < -0.4 is 0 Å². The summed E-state index contributed by atoms with van der Waals surface area (Å²) in [5, 5.41) is 12.1. The molecule has 0 aliphatic rings. The first-order valence-corrected chi connectivity index (χ1v) is 5.53. The summed E-state index contributed by atoms with van der Waals surface area (Å²) in [6.07, 6.45) is 0. The molecule has 0 saturated heterocycles. The zero-order valence-electron chi connectivity index (χ0n) is 8.60. The summed E-state index contributed by atoms with van der Waals surface area (Å²) in [6, 6.07) is 0. The van der Waals surface area contributed by atoms with Crippen LogP contribution in [-0.4, -0.2) is 21.4 Å². The quantitative estimate of drug-likeness (QED) is 0.290. The molecule has 0 heterocycles. The molecule has 78 valence electrons. The molecule has 0 radical (unpaired) electrons. The number of rotatable bonds is 4. The predicted molar refractivity (Wildman–Crippen MR) is 64.4 cm³/mol. The fraction of sp³-hybridized carbons (Fsp3) is 0.889. The first-order chi connectivity index (χ1) is 5.91. The van der Waals surface area contributed by atoms with Gasteiger partial charge in [0.15, 0.2) is 0 Å². The average molecular weight is 221 g/mol. The molecule has 0 amide bonds. The summed E-state index contributed by atoms with van der Waals surface area (Å²) in [6.45, 7) is 8.18. The Morgan fingerprint density at radius 3 is 1.46 bits per heavy atom. The summed E-state index contributed by atoms with van der Waals surface area (Å²) >= 11 is 8.79. The number of hydrogen-bond donors (Lipinski definition) is 3. The predicted octanol–water partition coefficient (Wildman–Crippen LogP) is 2.73. The highest BCUT2D eigenvalue weighted by atomic mass is 32.1. The first-order valence-electron chi connectivity index (χ1n) is 4.49. The van der Waals surface area contributed by atoms with E-state index < -0.39 is 0 Å². The van der Waals surface area contributed by atoms with Crippen molar-refractivity contribution < 1.29 is 5.21 Å². The molecule has 0 rings (SSSR count). The molecule has 0 aromatic carbocycles. The van der Waals surface area contributed by atoms with Gasteiger partial charge in [-0.25, -0.2) is 0 Å². The van der Waals surface area contributed by atoms with E-state index in [-0.39, 0.29) is 10.5 Å². The third-order valence-electron chi connectivity index (χ3n) is 1.98. The second kappa shape index (κ2) is 5.81. The fourth-order valence-corrected chi connectivity index (χ4v) is 1.52. The van der Waals surface area contributed by atoms with Crippen molar-refractivity contribution in [2.45, 2.75) is 38.2 Å². The molecule has 4 heteroatoms. The molecular weight excluding hydrogens is 202 g/mol. The molecule has 1 N–H and O–H groups in total. The minimum Gasteiger partial charge on any atom is -0.411 e. The van der Waals surface area contributed by atoms with Crippen molar-refractivity contribution >= 4 is 31.0 Å². The first kappa shape index (κ1) is 13.2. The Labute approximate surface area is 91.6 Å². The minimum atomic E-state index is -0.0186. The van der Waals surface area contributed by atoms with Crippen LogP contribution in [0.5, 0.6) is 0 Å². The Kier molecular flexibility index (Phi) is 5.88. The van der Waals surface area contributed by atoms with E-state index in [1.807, 2.05) is 27.7 Å². The van der Waals surface area contributed by atoms with Crippen LogP contribution in [0.15, 0.2) is 5.16 Å².